The summed E-state index contributed by atoms with van der Waals surface area (Å²) in [5.74, 6) is 0.966. The van der Waals surface area contributed by atoms with Gasteiger partial charge in [-0.2, -0.15) is 0 Å². The molecular weight excluding hydrogens is 360 g/mol. The van der Waals surface area contributed by atoms with E-state index in [9.17, 15) is 9.59 Å². The molecule has 0 radical (unpaired) electrons. The number of hydrogen-bond acceptors (Lipinski definition) is 5. The van der Waals surface area contributed by atoms with Crippen LogP contribution in [0.5, 0.6) is 0 Å². The van der Waals surface area contributed by atoms with E-state index in [4.69, 9.17) is 13.6 Å². The molecule has 2 heterocycles. The molecule has 3 aromatic rings. The molecule has 3 rings (SSSR count). The van der Waals surface area contributed by atoms with Crippen molar-refractivity contribution in [1.29, 1.82) is 0 Å². The second-order valence-corrected chi connectivity index (χ2v) is 6.51. The summed E-state index contributed by atoms with van der Waals surface area (Å²) in [5.41, 5.74) is 1.83. The summed E-state index contributed by atoms with van der Waals surface area (Å²) in [5, 5.41) is 2.89. The third kappa shape index (κ3) is 5.11. The first-order chi connectivity index (χ1) is 13.5. The molecule has 146 valence electrons. The number of methoxy groups -OCH3 is 1. The van der Waals surface area contributed by atoms with E-state index in [0.29, 0.717) is 24.3 Å². The number of anilines is 1. The third-order valence-corrected chi connectivity index (χ3v) is 4.35. The molecular formula is C21H23N2O5+. The predicted molar refractivity (Wildman–Crippen MR) is 102 cm³/mol. The van der Waals surface area contributed by atoms with Gasteiger partial charge in [-0.3, -0.25) is 4.79 Å². The average Bonchev–Trinajstić information content (AvgIpc) is 3.37. The van der Waals surface area contributed by atoms with Crippen molar-refractivity contribution in [1.82, 2.24) is 0 Å². The first-order valence-electron chi connectivity index (χ1n) is 8.92. The van der Waals surface area contributed by atoms with E-state index in [1.165, 1.54) is 7.11 Å². The predicted octanol–water partition coefficient (Wildman–Crippen LogP) is 2.19. The molecule has 0 saturated carbocycles. The van der Waals surface area contributed by atoms with Gasteiger partial charge in [-0.15, -0.1) is 0 Å². The molecule has 1 aromatic carbocycles. The summed E-state index contributed by atoms with van der Waals surface area (Å²) >= 11 is 0. The number of carbonyl (C=O) groups excluding carboxylic acids is 2. The molecule has 0 unspecified atom stereocenters. The van der Waals surface area contributed by atoms with E-state index >= 15 is 0 Å². The summed E-state index contributed by atoms with van der Waals surface area (Å²) < 4.78 is 15.6. The maximum absolute atomic E-state index is 12.7. The van der Waals surface area contributed by atoms with Crippen LogP contribution in [0.15, 0.2) is 63.8 Å². The normalized spacial score (nSPS) is 10.8. The lowest BCUT2D eigenvalue weighted by molar-refractivity contribution is -0.921. The lowest BCUT2D eigenvalue weighted by Gasteiger charge is -2.17. The zero-order chi connectivity index (χ0) is 19.9. The SMILES string of the molecule is COC(=O)c1ccc(C)c(NC(=O)C[NH+](Cc2ccco2)Cc2ccco2)c1. The molecule has 0 bridgehead atoms. The minimum atomic E-state index is -0.446. The van der Waals surface area contributed by atoms with Gasteiger partial charge in [-0.25, -0.2) is 4.79 Å². The van der Waals surface area contributed by atoms with E-state index in [0.717, 1.165) is 22.0 Å². The van der Waals surface area contributed by atoms with Crippen LogP contribution >= 0.6 is 0 Å². The van der Waals surface area contributed by atoms with Crippen LogP contribution < -0.4 is 10.2 Å². The molecule has 0 aliphatic rings. The Hall–Kier alpha value is -3.32. The molecule has 7 heteroatoms. The smallest absolute Gasteiger partial charge is 0.337 e. The van der Waals surface area contributed by atoms with Gasteiger partial charge in [-0.1, -0.05) is 6.07 Å². The second kappa shape index (κ2) is 9.05. The van der Waals surface area contributed by atoms with Crippen molar-refractivity contribution in [2.24, 2.45) is 0 Å². The highest BCUT2D eigenvalue weighted by Crippen LogP contribution is 2.17. The fraction of sp³-hybridized carbons (Fsp3) is 0.238. The van der Waals surface area contributed by atoms with Crippen LogP contribution in [0.4, 0.5) is 5.69 Å². The lowest BCUT2D eigenvalue weighted by atomic mass is 10.1. The number of ether oxygens (including phenoxy) is 1. The molecule has 0 aliphatic carbocycles. The quantitative estimate of drug-likeness (QED) is 0.583. The van der Waals surface area contributed by atoms with Crippen molar-refractivity contribution in [3.63, 3.8) is 0 Å². The standard InChI is InChI=1S/C21H22N2O5/c1-15-7-8-16(21(25)26-2)11-19(15)22-20(24)14-23(12-17-5-3-9-27-17)13-18-6-4-10-28-18/h3-11H,12-14H2,1-2H3,(H,22,24)/p+1. The molecule has 2 aromatic heterocycles. The highest BCUT2D eigenvalue weighted by molar-refractivity contribution is 5.95. The van der Waals surface area contributed by atoms with Crippen LogP contribution in [0.25, 0.3) is 0 Å². The Morgan fingerprint density at radius 2 is 1.68 bits per heavy atom. The molecule has 0 saturated heterocycles. The van der Waals surface area contributed by atoms with Gasteiger partial charge in [0, 0.05) is 5.69 Å². The molecule has 2 N–H and O–H groups in total. The van der Waals surface area contributed by atoms with E-state index in [-0.39, 0.29) is 12.5 Å². The number of rotatable bonds is 8. The largest absolute Gasteiger partial charge is 0.465 e. The van der Waals surface area contributed by atoms with Crippen LogP contribution in [0.3, 0.4) is 0 Å². The van der Waals surface area contributed by atoms with Crippen molar-refractivity contribution < 1.29 is 28.1 Å². The highest BCUT2D eigenvalue weighted by atomic mass is 16.5. The summed E-state index contributed by atoms with van der Waals surface area (Å²) in [6.07, 6.45) is 3.23. The lowest BCUT2D eigenvalue weighted by Crippen LogP contribution is -3.10. The number of amides is 1. The number of esters is 1. The summed E-state index contributed by atoms with van der Waals surface area (Å²) in [7, 11) is 1.32. The van der Waals surface area contributed by atoms with Crippen molar-refractivity contribution in [2.45, 2.75) is 20.0 Å². The molecule has 1 amide bonds. The average molecular weight is 383 g/mol. The molecule has 0 fully saturated rings. The number of furan rings is 2. The topological polar surface area (TPSA) is 86.1 Å². The number of aryl methyl sites for hydroxylation is 1. The van der Waals surface area contributed by atoms with Crippen LogP contribution in [0.1, 0.15) is 27.4 Å². The second-order valence-electron chi connectivity index (χ2n) is 6.51. The van der Waals surface area contributed by atoms with Gasteiger partial charge in [0.25, 0.3) is 5.91 Å². The first-order valence-corrected chi connectivity index (χ1v) is 8.92. The van der Waals surface area contributed by atoms with Crippen LogP contribution in [-0.2, 0) is 22.6 Å². The van der Waals surface area contributed by atoms with Gasteiger partial charge >= 0.3 is 5.97 Å². The Bertz CT molecular complexity index is 880. The fourth-order valence-electron chi connectivity index (χ4n) is 2.93. The van der Waals surface area contributed by atoms with Gasteiger partial charge in [-0.05, 0) is 48.9 Å². The number of carbonyl (C=O) groups is 2. The van der Waals surface area contributed by atoms with Crippen LogP contribution in [0.2, 0.25) is 0 Å². The van der Waals surface area contributed by atoms with Crippen molar-refractivity contribution in [3.05, 3.63) is 77.6 Å². The Morgan fingerprint density at radius 3 is 2.21 bits per heavy atom. The van der Waals surface area contributed by atoms with E-state index in [1.807, 2.05) is 31.2 Å². The summed E-state index contributed by atoms with van der Waals surface area (Å²) in [6, 6.07) is 12.5. The third-order valence-electron chi connectivity index (χ3n) is 4.35. The maximum atomic E-state index is 12.7. The number of quaternary nitrogens is 1. The Kier molecular flexibility index (Phi) is 6.29. The van der Waals surface area contributed by atoms with Crippen molar-refractivity contribution in [2.75, 3.05) is 19.0 Å². The Morgan fingerprint density at radius 1 is 1.04 bits per heavy atom. The van der Waals surface area contributed by atoms with Crippen LogP contribution in [-0.4, -0.2) is 25.5 Å². The molecule has 28 heavy (non-hydrogen) atoms. The van der Waals surface area contributed by atoms with Crippen LogP contribution in [0, 0.1) is 6.92 Å². The van der Waals surface area contributed by atoms with Gasteiger partial charge in [0.1, 0.15) is 13.1 Å². The van der Waals surface area contributed by atoms with Gasteiger partial charge in [0.15, 0.2) is 18.1 Å². The number of benzene rings is 1. The van der Waals surface area contributed by atoms with E-state index in [1.54, 1.807) is 30.7 Å². The minimum absolute atomic E-state index is 0.168. The van der Waals surface area contributed by atoms with Gasteiger partial charge < -0.3 is 23.8 Å². The Balaban J connectivity index is 1.70. The molecule has 0 atom stereocenters. The molecule has 7 nitrogen and oxygen atoms in total. The zero-order valence-electron chi connectivity index (χ0n) is 15.9. The van der Waals surface area contributed by atoms with Gasteiger partial charge in [0.2, 0.25) is 0 Å². The zero-order valence-corrected chi connectivity index (χ0v) is 15.9. The van der Waals surface area contributed by atoms with E-state index < -0.39 is 5.97 Å². The number of hydrogen-bond donors (Lipinski definition) is 2. The van der Waals surface area contributed by atoms with Crippen molar-refractivity contribution >= 4 is 17.6 Å². The monoisotopic (exact) mass is 383 g/mol. The molecule has 0 aliphatic heterocycles. The van der Waals surface area contributed by atoms with Crippen molar-refractivity contribution in [3.8, 4) is 0 Å². The molecule has 0 spiro atoms. The Labute approximate surface area is 162 Å². The van der Waals surface area contributed by atoms with E-state index in [2.05, 4.69) is 5.32 Å². The number of nitrogens with one attached hydrogen (secondary N) is 2. The summed E-state index contributed by atoms with van der Waals surface area (Å²) in [4.78, 5) is 25.4. The summed E-state index contributed by atoms with van der Waals surface area (Å²) in [6.45, 7) is 3.17. The maximum Gasteiger partial charge on any atom is 0.337 e. The van der Waals surface area contributed by atoms with Gasteiger partial charge in [0.05, 0.1) is 25.2 Å². The fourth-order valence-corrected chi connectivity index (χ4v) is 2.93. The first kappa shape index (κ1) is 19.4. The minimum Gasteiger partial charge on any atom is -0.465 e. The highest BCUT2D eigenvalue weighted by Gasteiger charge is 2.19.